The Hall–Kier alpha value is -2.17. The molecule has 156 valence electrons. The normalized spacial score (nSPS) is 18.2. The number of rotatable bonds is 5. The van der Waals surface area contributed by atoms with Gasteiger partial charge in [-0.05, 0) is 49.3 Å². The van der Waals surface area contributed by atoms with Crippen LogP contribution in [0.25, 0.3) is 0 Å². The van der Waals surface area contributed by atoms with E-state index in [0.717, 1.165) is 37.4 Å². The van der Waals surface area contributed by atoms with Crippen molar-refractivity contribution in [1.29, 1.82) is 0 Å². The third-order valence-electron chi connectivity index (χ3n) is 5.30. The topological polar surface area (TPSA) is 94.6 Å². The molecule has 2 fully saturated rings. The summed E-state index contributed by atoms with van der Waals surface area (Å²) < 4.78 is 27.8. The van der Waals surface area contributed by atoms with Gasteiger partial charge in [0.1, 0.15) is 4.21 Å². The molecule has 2 saturated heterocycles. The number of carbonyl (C=O) groups is 1. The lowest BCUT2D eigenvalue weighted by atomic mass is 10.1. The number of thiophene rings is 1. The van der Waals surface area contributed by atoms with Crippen LogP contribution in [0.5, 0.6) is 0 Å². The first-order valence-electron chi connectivity index (χ1n) is 9.85. The minimum absolute atomic E-state index is 0.162. The predicted octanol–water partition coefficient (Wildman–Crippen LogP) is 2.72. The molecule has 2 N–H and O–H groups in total. The summed E-state index contributed by atoms with van der Waals surface area (Å²) in [5.41, 5.74) is 0.722. The first-order valence-corrected chi connectivity index (χ1v) is 12.2. The average molecular weight is 436 g/mol. The summed E-state index contributed by atoms with van der Waals surface area (Å²) in [6.45, 7) is 2.91. The molecule has 0 unspecified atom stereocenters. The monoisotopic (exact) mass is 435 g/mol. The number of hydrogen-bond acceptors (Lipinski definition) is 6. The van der Waals surface area contributed by atoms with Crippen molar-refractivity contribution in [1.82, 2.24) is 14.6 Å². The number of sulfonamides is 1. The Balaban J connectivity index is 1.33. The van der Waals surface area contributed by atoms with Crippen molar-refractivity contribution in [2.24, 2.45) is 0 Å². The number of hydrogen-bond donors (Lipinski definition) is 2. The second-order valence-corrected chi connectivity index (χ2v) is 10.2. The summed E-state index contributed by atoms with van der Waals surface area (Å²) in [7, 11) is -3.48. The Kier molecular flexibility index (Phi) is 6.02. The predicted molar refractivity (Wildman–Crippen MR) is 114 cm³/mol. The van der Waals surface area contributed by atoms with Gasteiger partial charge in [0.2, 0.25) is 10.0 Å². The van der Waals surface area contributed by atoms with Gasteiger partial charge in [0.25, 0.3) is 0 Å². The Bertz CT molecular complexity index is 935. The van der Waals surface area contributed by atoms with E-state index in [1.54, 1.807) is 28.6 Å². The zero-order chi connectivity index (χ0) is 20.3. The van der Waals surface area contributed by atoms with E-state index in [4.69, 9.17) is 0 Å². The summed E-state index contributed by atoms with van der Waals surface area (Å²) >= 11 is 1.20. The van der Waals surface area contributed by atoms with Gasteiger partial charge in [0.05, 0.1) is 5.69 Å². The summed E-state index contributed by atoms with van der Waals surface area (Å²) in [4.78, 5) is 21.1. The van der Waals surface area contributed by atoms with Crippen molar-refractivity contribution < 1.29 is 13.2 Å². The number of carbonyl (C=O) groups excluding carboxylic acids is 1. The van der Waals surface area contributed by atoms with Crippen LogP contribution in [0.3, 0.4) is 0 Å². The lowest BCUT2D eigenvalue weighted by Gasteiger charge is -2.32. The molecular weight excluding hydrogens is 410 g/mol. The molecule has 0 saturated carbocycles. The highest BCUT2D eigenvalue weighted by Gasteiger charge is 2.28. The van der Waals surface area contributed by atoms with Gasteiger partial charge in [-0.1, -0.05) is 6.07 Å². The first-order chi connectivity index (χ1) is 14.0. The van der Waals surface area contributed by atoms with E-state index in [9.17, 15) is 13.2 Å². The van der Waals surface area contributed by atoms with Crippen LogP contribution in [0.4, 0.5) is 16.3 Å². The Morgan fingerprint density at radius 2 is 1.86 bits per heavy atom. The molecule has 2 aromatic rings. The number of pyridine rings is 1. The molecular formula is C19H25N5O3S2. The van der Waals surface area contributed by atoms with E-state index in [-0.39, 0.29) is 12.1 Å². The van der Waals surface area contributed by atoms with Gasteiger partial charge in [0, 0.05) is 38.4 Å². The van der Waals surface area contributed by atoms with Gasteiger partial charge in [-0.3, -0.25) is 0 Å². The minimum Gasteiger partial charge on any atom is -0.355 e. The van der Waals surface area contributed by atoms with Gasteiger partial charge in [-0.15, -0.1) is 11.3 Å². The SMILES string of the molecule is O=C(Nc1cccnc1N1CCCC1)N1CCC(NS(=O)(=O)c2cccs2)CC1. The van der Waals surface area contributed by atoms with Gasteiger partial charge < -0.3 is 15.1 Å². The van der Waals surface area contributed by atoms with Crippen molar-refractivity contribution in [3.63, 3.8) is 0 Å². The molecule has 8 nitrogen and oxygen atoms in total. The second-order valence-electron chi connectivity index (χ2n) is 7.31. The molecule has 0 bridgehead atoms. The largest absolute Gasteiger partial charge is 0.355 e. The molecule has 0 atom stereocenters. The van der Waals surface area contributed by atoms with Gasteiger partial charge >= 0.3 is 6.03 Å². The molecule has 10 heteroatoms. The summed E-state index contributed by atoms with van der Waals surface area (Å²) in [6, 6.07) is 6.69. The van der Waals surface area contributed by atoms with Crippen molar-refractivity contribution in [3.05, 3.63) is 35.8 Å². The van der Waals surface area contributed by atoms with Crippen LogP contribution in [0.2, 0.25) is 0 Å². The number of amides is 2. The smallest absolute Gasteiger partial charge is 0.321 e. The third-order valence-corrected chi connectivity index (χ3v) is 8.22. The molecule has 0 spiro atoms. The number of nitrogens with one attached hydrogen (secondary N) is 2. The van der Waals surface area contributed by atoms with Crippen LogP contribution in [0, 0.1) is 0 Å². The van der Waals surface area contributed by atoms with Crippen molar-refractivity contribution >= 4 is 38.9 Å². The van der Waals surface area contributed by atoms with E-state index in [0.29, 0.717) is 30.1 Å². The highest BCUT2D eigenvalue weighted by molar-refractivity contribution is 7.91. The molecule has 4 rings (SSSR count). The number of anilines is 2. The number of likely N-dealkylation sites (tertiary alicyclic amines) is 1. The maximum Gasteiger partial charge on any atom is 0.321 e. The quantitative estimate of drug-likeness (QED) is 0.753. The molecule has 2 aliphatic rings. The van der Waals surface area contributed by atoms with Crippen LogP contribution in [0.15, 0.2) is 40.1 Å². The zero-order valence-electron chi connectivity index (χ0n) is 16.1. The van der Waals surface area contributed by atoms with E-state index in [2.05, 4.69) is 19.9 Å². The van der Waals surface area contributed by atoms with E-state index in [1.165, 1.54) is 11.3 Å². The van der Waals surface area contributed by atoms with Gasteiger partial charge in [0.15, 0.2) is 5.82 Å². The fourth-order valence-corrected chi connectivity index (χ4v) is 6.08. The van der Waals surface area contributed by atoms with Crippen LogP contribution in [-0.4, -0.2) is 56.6 Å². The fourth-order valence-electron chi connectivity index (χ4n) is 3.76. The van der Waals surface area contributed by atoms with Gasteiger partial charge in [-0.25, -0.2) is 22.9 Å². The van der Waals surface area contributed by atoms with Crippen LogP contribution >= 0.6 is 11.3 Å². The highest BCUT2D eigenvalue weighted by atomic mass is 32.2. The highest BCUT2D eigenvalue weighted by Crippen LogP contribution is 2.27. The zero-order valence-corrected chi connectivity index (χ0v) is 17.7. The van der Waals surface area contributed by atoms with Crippen molar-refractivity contribution in [3.8, 4) is 0 Å². The molecule has 0 aliphatic carbocycles. The van der Waals surface area contributed by atoms with E-state index in [1.807, 2.05) is 12.1 Å². The molecule has 4 heterocycles. The van der Waals surface area contributed by atoms with Crippen molar-refractivity contribution in [2.75, 3.05) is 36.4 Å². The van der Waals surface area contributed by atoms with E-state index < -0.39 is 10.0 Å². The summed E-state index contributed by atoms with van der Waals surface area (Å²) in [5, 5.41) is 4.73. The summed E-state index contributed by atoms with van der Waals surface area (Å²) in [5.74, 6) is 0.817. The standard InChI is InChI=1S/C19H25N5O3S2/c25-19(21-16-5-3-9-20-18(16)23-10-1-2-11-23)24-12-7-15(8-13-24)22-29(26,27)17-6-4-14-28-17/h3-6,9,14-15,22H,1-2,7-8,10-13H2,(H,21,25). The molecule has 2 aromatic heterocycles. The van der Waals surface area contributed by atoms with Crippen LogP contribution in [0.1, 0.15) is 25.7 Å². The summed E-state index contributed by atoms with van der Waals surface area (Å²) in [6.07, 6.45) is 5.19. The van der Waals surface area contributed by atoms with Crippen molar-refractivity contribution in [2.45, 2.75) is 35.9 Å². The Morgan fingerprint density at radius 3 is 2.55 bits per heavy atom. The molecule has 0 aromatic carbocycles. The number of urea groups is 1. The molecule has 2 aliphatic heterocycles. The Labute approximate surface area is 175 Å². The maximum atomic E-state index is 12.7. The number of piperidine rings is 1. The number of aromatic nitrogens is 1. The Morgan fingerprint density at radius 1 is 1.10 bits per heavy atom. The van der Waals surface area contributed by atoms with Crippen LogP contribution in [-0.2, 0) is 10.0 Å². The fraction of sp³-hybridized carbons (Fsp3) is 0.474. The lowest BCUT2D eigenvalue weighted by Crippen LogP contribution is -2.47. The molecule has 29 heavy (non-hydrogen) atoms. The maximum absolute atomic E-state index is 12.7. The van der Waals surface area contributed by atoms with E-state index >= 15 is 0 Å². The van der Waals surface area contributed by atoms with Crippen LogP contribution < -0.4 is 14.9 Å². The molecule has 2 amide bonds. The first kappa shape index (κ1) is 20.1. The molecule has 0 radical (unpaired) electrons. The minimum atomic E-state index is -3.48. The average Bonchev–Trinajstić information content (AvgIpc) is 3.43. The third kappa shape index (κ3) is 4.71. The lowest BCUT2D eigenvalue weighted by molar-refractivity contribution is 0.193. The van der Waals surface area contributed by atoms with Gasteiger partial charge in [-0.2, -0.15) is 0 Å². The number of nitrogens with zero attached hydrogens (tertiary/aromatic N) is 3. The second kappa shape index (κ2) is 8.68.